The molecule has 1 aromatic carbocycles. The summed E-state index contributed by atoms with van der Waals surface area (Å²) >= 11 is 9.26. The van der Waals surface area contributed by atoms with E-state index in [4.69, 9.17) is 21.7 Å². The summed E-state index contributed by atoms with van der Waals surface area (Å²) in [6.45, 7) is -1.53. The van der Waals surface area contributed by atoms with E-state index in [0.29, 0.717) is 0 Å². The Kier molecular flexibility index (Phi) is 11.3. The van der Waals surface area contributed by atoms with Crippen LogP contribution in [-0.4, -0.2) is 125 Å². The highest BCUT2D eigenvalue weighted by atomic mass is 32.1. The lowest BCUT2D eigenvalue weighted by molar-refractivity contribution is -0.327. The van der Waals surface area contributed by atoms with E-state index in [1.54, 1.807) is 0 Å². The van der Waals surface area contributed by atoms with Crippen LogP contribution in [0.1, 0.15) is 5.56 Å². The molecule has 1 heterocycles. The average molecular weight is 510 g/mol. The first-order valence-electron chi connectivity index (χ1n) is 10.2. The van der Waals surface area contributed by atoms with Crippen molar-refractivity contribution in [2.45, 2.75) is 61.7 Å². The van der Waals surface area contributed by atoms with E-state index in [1.165, 1.54) is 4.90 Å². The fourth-order valence-corrected chi connectivity index (χ4v) is 3.70. The van der Waals surface area contributed by atoms with Crippen molar-refractivity contribution in [1.82, 2.24) is 4.90 Å². The van der Waals surface area contributed by atoms with Crippen LogP contribution in [0.15, 0.2) is 30.3 Å². The highest BCUT2D eigenvalue weighted by molar-refractivity contribution is 8.10. The molecule has 9 atom stereocenters. The first-order valence-corrected chi connectivity index (χ1v) is 11.1. The lowest BCUT2D eigenvalue weighted by Gasteiger charge is -2.42. The Balaban J connectivity index is 2.13. The lowest BCUT2D eigenvalue weighted by atomic mass is 9.98. The summed E-state index contributed by atoms with van der Waals surface area (Å²) in [5.74, 6) is 0. The zero-order valence-electron chi connectivity index (χ0n) is 17.6. The summed E-state index contributed by atoms with van der Waals surface area (Å²) in [4.78, 5) is 1.50. The number of rotatable bonds is 11. The van der Waals surface area contributed by atoms with Gasteiger partial charge in [-0.15, -0.1) is 12.6 Å². The first kappa shape index (κ1) is 28.3. The van der Waals surface area contributed by atoms with Crippen LogP contribution in [0.2, 0.25) is 0 Å². The van der Waals surface area contributed by atoms with Gasteiger partial charge in [-0.25, -0.2) is 0 Å². The zero-order chi connectivity index (χ0) is 24.7. The molecular formula is C20H31NO10S2. The van der Waals surface area contributed by atoms with Gasteiger partial charge in [0.25, 0.3) is 0 Å². The van der Waals surface area contributed by atoms with E-state index >= 15 is 0 Å². The molecule has 1 aromatic rings. The van der Waals surface area contributed by atoms with E-state index in [-0.39, 0.29) is 17.4 Å². The molecular weight excluding hydrogens is 478 g/mol. The third-order valence-electron chi connectivity index (χ3n) is 5.33. The number of nitrogens with zero attached hydrogens (tertiary/aromatic N) is 1. The van der Waals surface area contributed by atoms with Crippen LogP contribution < -0.4 is 0 Å². The fourth-order valence-electron chi connectivity index (χ4n) is 3.40. The molecule has 0 spiro atoms. The predicted octanol–water partition coefficient (Wildman–Crippen LogP) is -3.04. The Labute approximate surface area is 201 Å². The quantitative estimate of drug-likeness (QED) is 0.109. The van der Waals surface area contributed by atoms with Gasteiger partial charge in [-0.05, 0) is 5.56 Å². The molecule has 0 unspecified atom stereocenters. The molecule has 33 heavy (non-hydrogen) atoms. The number of benzene rings is 1. The summed E-state index contributed by atoms with van der Waals surface area (Å²) in [7, 11) is 0. The molecule has 1 aliphatic heterocycles. The average Bonchev–Trinajstić information content (AvgIpc) is 2.81. The Hall–Kier alpha value is -0.940. The summed E-state index contributed by atoms with van der Waals surface area (Å²) in [5, 5.41) is 80.2. The van der Waals surface area contributed by atoms with Gasteiger partial charge in [0.2, 0.25) is 0 Å². The number of ether oxygens (including phenoxy) is 2. The molecule has 0 aromatic heterocycles. The third-order valence-corrected chi connectivity index (χ3v) is 5.87. The summed E-state index contributed by atoms with van der Waals surface area (Å²) in [5.41, 5.74) is 0.861. The summed E-state index contributed by atoms with van der Waals surface area (Å²) in [6, 6.07) is 9.15. The van der Waals surface area contributed by atoms with Gasteiger partial charge in [-0.3, -0.25) is 0 Å². The molecule has 0 amide bonds. The normalized spacial score (nSPS) is 29.2. The van der Waals surface area contributed by atoms with Crippen molar-refractivity contribution < 1.29 is 50.3 Å². The molecule has 0 aliphatic carbocycles. The van der Waals surface area contributed by atoms with E-state index in [9.17, 15) is 40.9 Å². The Morgan fingerprint density at radius 3 is 2.21 bits per heavy atom. The van der Waals surface area contributed by atoms with Crippen molar-refractivity contribution in [3.63, 3.8) is 0 Å². The van der Waals surface area contributed by atoms with Gasteiger partial charge in [0.15, 0.2) is 6.29 Å². The van der Waals surface area contributed by atoms with E-state index in [0.717, 1.165) is 5.56 Å². The van der Waals surface area contributed by atoms with Crippen molar-refractivity contribution in [2.75, 3.05) is 19.8 Å². The summed E-state index contributed by atoms with van der Waals surface area (Å²) in [6.07, 6.45) is -14.9. The third kappa shape index (κ3) is 7.52. The Bertz CT molecular complexity index is 730. The topological polar surface area (TPSA) is 184 Å². The predicted molar refractivity (Wildman–Crippen MR) is 122 cm³/mol. The Morgan fingerprint density at radius 1 is 1.03 bits per heavy atom. The smallest absolute Gasteiger partial charge is 0.187 e. The highest BCUT2D eigenvalue weighted by Crippen LogP contribution is 2.25. The maximum atomic E-state index is 10.7. The van der Waals surface area contributed by atoms with Crippen LogP contribution in [0.5, 0.6) is 0 Å². The molecule has 0 saturated carbocycles. The monoisotopic (exact) mass is 509 g/mol. The maximum Gasteiger partial charge on any atom is 0.187 e. The molecule has 2 rings (SSSR count). The minimum Gasteiger partial charge on any atom is -0.394 e. The van der Waals surface area contributed by atoms with Gasteiger partial charge < -0.3 is 55.2 Å². The number of aliphatic hydroxyl groups is 8. The molecule has 11 nitrogen and oxygen atoms in total. The SMILES string of the molecule is OC[C@@H](O)[C@@H](O[C@@H]1O[C@H](CO)[C@H](O)[C@H](O)[C@H]1O)[C@H](O)[C@@H](O)CN(Cc1ccccc1)C(=S)S. The maximum absolute atomic E-state index is 10.7. The van der Waals surface area contributed by atoms with Crippen molar-refractivity contribution in [3.8, 4) is 0 Å². The second-order valence-electron chi connectivity index (χ2n) is 7.75. The van der Waals surface area contributed by atoms with Gasteiger partial charge in [0.05, 0.1) is 13.2 Å². The van der Waals surface area contributed by atoms with Crippen LogP contribution in [-0.2, 0) is 16.0 Å². The van der Waals surface area contributed by atoms with Crippen molar-refractivity contribution in [1.29, 1.82) is 0 Å². The van der Waals surface area contributed by atoms with Gasteiger partial charge >= 0.3 is 0 Å². The van der Waals surface area contributed by atoms with Crippen molar-refractivity contribution in [2.24, 2.45) is 0 Å². The Morgan fingerprint density at radius 2 is 1.67 bits per heavy atom. The van der Waals surface area contributed by atoms with Crippen LogP contribution in [0.4, 0.5) is 0 Å². The van der Waals surface area contributed by atoms with Crippen LogP contribution in [0, 0.1) is 0 Å². The van der Waals surface area contributed by atoms with Crippen LogP contribution >= 0.6 is 24.8 Å². The molecule has 1 saturated heterocycles. The van der Waals surface area contributed by atoms with Crippen LogP contribution in [0.3, 0.4) is 0 Å². The molecule has 188 valence electrons. The van der Waals surface area contributed by atoms with E-state index < -0.39 is 68.3 Å². The first-order chi connectivity index (χ1) is 15.6. The standard InChI is InChI=1S/C20H31NO10S2/c22-8-12(25)18(31-19-17(29)16(28)15(27)13(9-23)30-19)14(26)11(24)7-21(20(32)33)6-10-4-2-1-3-5-10/h1-5,11-19,22-29H,6-9H2,(H,32,33)/t11-,12+,13+,14+,15-,16-,17+,18+,19-/m0/s1. The number of thiocarbonyl (C=S) groups is 1. The lowest BCUT2D eigenvalue weighted by Crippen LogP contribution is -2.61. The molecule has 1 fully saturated rings. The van der Waals surface area contributed by atoms with Crippen LogP contribution in [0.25, 0.3) is 0 Å². The van der Waals surface area contributed by atoms with Gasteiger partial charge in [-0.2, -0.15) is 0 Å². The minimum absolute atomic E-state index is 0.138. The fraction of sp³-hybridized carbons (Fsp3) is 0.650. The number of aliphatic hydroxyl groups excluding tert-OH is 8. The summed E-state index contributed by atoms with van der Waals surface area (Å²) < 4.78 is 10.8. The highest BCUT2D eigenvalue weighted by Gasteiger charge is 2.46. The van der Waals surface area contributed by atoms with Gasteiger partial charge in [0, 0.05) is 13.1 Å². The number of hydrogen-bond acceptors (Lipinski definition) is 11. The van der Waals surface area contributed by atoms with Crippen molar-refractivity contribution >= 4 is 29.2 Å². The zero-order valence-corrected chi connectivity index (χ0v) is 19.3. The largest absolute Gasteiger partial charge is 0.394 e. The molecule has 0 bridgehead atoms. The minimum atomic E-state index is -1.81. The molecule has 1 aliphatic rings. The number of thiol groups is 1. The van der Waals surface area contributed by atoms with Gasteiger partial charge in [0.1, 0.15) is 53.2 Å². The molecule has 0 radical (unpaired) electrons. The second-order valence-corrected chi connectivity index (χ2v) is 8.87. The second kappa shape index (κ2) is 13.2. The molecule has 13 heteroatoms. The van der Waals surface area contributed by atoms with Gasteiger partial charge in [-0.1, -0.05) is 42.5 Å². The van der Waals surface area contributed by atoms with E-state index in [1.807, 2.05) is 30.3 Å². The number of hydrogen-bond donors (Lipinski definition) is 9. The van der Waals surface area contributed by atoms with Crippen molar-refractivity contribution in [3.05, 3.63) is 35.9 Å². The molecule has 8 N–H and O–H groups in total. The van der Waals surface area contributed by atoms with E-state index in [2.05, 4.69) is 12.6 Å².